The molecule has 4 heterocycles. The fraction of sp³-hybridized carbons (Fsp3) is 0.524. The summed E-state index contributed by atoms with van der Waals surface area (Å²) >= 11 is 0. The first-order chi connectivity index (χ1) is 14.6. The topological polar surface area (TPSA) is 101 Å². The number of hydrogen-bond donors (Lipinski definition) is 2. The van der Waals surface area contributed by atoms with Crippen molar-refractivity contribution in [3.63, 3.8) is 0 Å². The Morgan fingerprint density at radius 1 is 1.27 bits per heavy atom. The number of aliphatic hydroxyl groups excluding tert-OH is 1. The maximum atomic E-state index is 11.6. The lowest BCUT2D eigenvalue weighted by atomic mass is 10.0. The van der Waals surface area contributed by atoms with Crippen molar-refractivity contribution in [2.45, 2.75) is 51.6 Å². The van der Waals surface area contributed by atoms with E-state index in [1.807, 2.05) is 18.5 Å². The number of pyridine rings is 1. The van der Waals surface area contributed by atoms with Gasteiger partial charge in [0.25, 0.3) is 0 Å². The first-order valence-electron chi connectivity index (χ1n) is 10.6. The molecule has 1 fully saturated rings. The van der Waals surface area contributed by atoms with Crippen molar-refractivity contribution >= 4 is 17.5 Å². The average Bonchev–Trinajstić information content (AvgIpc) is 3.18. The molecule has 9 nitrogen and oxygen atoms in total. The van der Waals surface area contributed by atoms with Crippen LogP contribution in [0.25, 0.3) is 5.65 Å². The van der Waals surface area contributed by atoms with E-state index in [-0.39, 0.29) is 18.2 Å². The number of hydrogen-bond acceptors (Lipinski definition) is 7. The monoisotopic (exact) mass is 411 g/mol. The summed E-state index contributed by atoms with van der Waals surface area (Å²) < 4.78 is 3.31. The predicted octanol–water partition coefficient (Wildman–Crippen LogP) is 1.74. The van der Waals surface area contributed by atoms with Crippen molar-refractivity contribution in [1.82, 2.24) is 24.1 Å². The first kappa shape index (κ1) is 20.3. The minimum Gasteiger partial charge on any atom is -0.396 e. The second-order valence-electron chi connectivity index (χ2n) is 7.80. The number of piperidine rings is 1. The highest BCUT2D eigenvalue weighted by Gasteiger charge is 2.26. The van der Waals surface area contributed by atoms with Gasteiger partial charge in [-0.15, -0.1) is 0 Å². The Morgan fingerprint density at radius 2 is 2.13 bits per heavy atom. The number of nitrogens with zero attached hydrogens (tertiary/aromatic N) is 6. The molecule has 0 bridgehead atoms. The molecule has 3 aromatic rings. The van der Waals surface area contributed by atoms with Gasteiger partial charge >= 0.3 is 0 Å². The molecule has 1 aliphatic rings. The van der Waals surface area contributed by atoms with Gasteiger partial charge in [-0.25, -0.2) is 0 Å². The van der Waals surface area contributed by atoms with Crippen LogP contribution in [0.4, 0.5) is 11.9 Å². The van der Waals surface area contributed by atoms with Crippen LogP contribution < -0.4 is 15.8 Å². The molecule has 30 heavy (non-hydrogen) atoms. The van der Waals surface area contributed by atoms with Crippen LogP contribution in [-0.4, -0.2) is 48.4 Å². The molecule has 1 saturated heterocycles. The van der Waals surface area contributed by atoms with Crippen LogP contribution in [0.3, 0.4) is 0 Å². The van der Waals surface area contributed by atoms with Gasteiger partial charge in [0.1, 0.15) is 0 Å². The predicted molar refractivity (Wildman–Crippen MR) is 116 cm³/mol. The standard InChI is InChI=1S/C21H29N7O2/c1-3-16-13-23-28-19(16)24-21(27-10-5-4-6-17(27)9-11-29)25-20(28)22-12-15-7-8-18(30)26(2)14-15/h7-8,13-14,17,29H,3-6,9-12H2,1-2H3,(H,22,24,25). The number of fused-ring (bicyclic) bond motifs is 1. The number of aromatic nitrogens is 5. The zero-order valence-corrected chi connectivity index (χ0v) is 17.6. The Balaban J connectivity index is 1.69. The van der Waals surface area contributed by atoms with Crippen LogP contribution in [0.15, 0.2) is 29.3 Å². The molecule has 4 rings (SSSR count). The van der Waals surface area contributed by atoms with Crippen molar-refractivity contribution in [2.24, 2.45) is 7.05 Å². The molecule has 0 saturated carbocycles. The van der Waals surface area contributed by atoms with Crippen LogP contribution in [-0.2, 0) is 20.0 Å². The third-order valence-corrected chi connectivity index (χ3v) is 5.75. The molecular formula is C21H29N7O2. The van der Waals surface area contributed by atoms with Crippen molar-refractivity contribution in [3.05, 3.63) is 46.0 Å². The lowest BCUT2D eigenvalue weighted by molar-refractivity contribution is 0.261. The molecule has 0 radical (unpaired) electrons. The highest BCUT2D eigenvalue weighted by molar-refractivity contribution is 5.55. The molecule has 0 aliphatic carbocycles. The fourth-order valence-electron chi connectivity index (χ4n) is 4.05. The van der Waals surface area contributed by atoms with E-state index in [9.17, 15) is 9.90 Å². The molecule has 160 valence electrons. The minimum absolute atomic E-state index is 0.0369. The van der Waals surface area contributed by atoms with Crippen LogP contribution in [0.5, 0.6) is 0 Å². The van der Waals surface area contributed by atoms with Crippen molar-refractivity contribution < 1.29 is 5.11 Å². The largest absolute Gasteiger partial charge is 0.396 e. The minimum atomic E-state index is -0.0369. The Morgan fingerprint density at radius 3 is 2.90 bits per heavy atom. The normalized spacial score (nSPS) is 16.9. The van der Waals surface area contributed by atoms with E-state index in [2.05, 4.69) is 22.2 Å². The van der Waals surface area contributed by atoms with Gasteiger partial charge in [0.15, 0.2) is 5.65 Å². The molecule has 9 heteroatoms. The zero-order chi connectivity index (χ0) is 21.1. The zero-order valence-electron chi connectivity index (χ0n) is 17.6. The maximum absolute atomic E-state index is 11.6. The van der Waals surface area contributed by atoms with Crippen molar-refractivity contribution in [1.29, 1.82) is 0 Å². The molecule has 1 aliphatic heterocycles. The third kappa shape index (κ3) is 4.02. The van der Waals surface area contributed by atoms with Crippen LogP contribution >= 0.6 is 0 Å². The molecule has 1 unspecified atom stereocenters. The fourth-order valence-corrected chi connectivity index (χ4v) is 4.05. The number of nitrogens with one attached hydrogen (secondary N) is 1. The second-order valence-corrected chi connectivity index (χ2v) is 7.80. The summed E-state index contributed by atoms with van der Waals surface area (Å²) in [6, 6.07) is 3.63. The van der Waals surface area contributed by atoms with Gasteiger partial charge in [-0.2, -0.15) is 19.6 Å². The van der Waals surface area contributed by atoms with Gasteiger partial charge in [-0.3, -0.25) is 4.79 Å². The van der Waals surface area contributed by atoms with Crippen LogP contribution in [0.2, 0.25) is 0 Å². The molecule has 0 aromatic carbocycles. The highest BCUT2D eigenvalue weighted by Crippen LogP contribution is 2.26. The Bertz CT molecular complexity index is 1070. The Labute approximate surface area is 175 Å². The highest BCUT2D eigenvalue weighted by atomic mass is 16.3. The van der Waals surface area contributed by atoms with E-state index in [4.69, 9.17) is 9.97 Å². The molecule has 0 amide bonds. The molecular weight excluding hydrogens is 382 g/mol. The maximum Gasteiger partial charge on any atom is 0.250 e. The summed E-state index contributed by atoms with van der Waals surface area (Å²) in [7, 11) is 1.74. The van der Waals surface area contributed by atoms with Crippen LogP contribution in [0.1, 0.15) is 43.7 Å². The first-order valence-corrected chi connectivity index (χ1v) is 10.6. The van der Waals surface area contributed by atoms with E-state index in [0.717, 1.165) is 55.4 Å². The van der Waals surface area contributed by atoms with Gasteiger partial charge in [-0.05, 0) is 37.7 Å². The van der Waals surface area contributed by atoms with Gasteiger partial charge in [0, 0.05) is 50.6 Å². The summed E-state index contributed by atoms with van der Waals surface area (Å²) in [5.74, 6) is 1.30. The number of anilines is 2. The average molecular weight is 412 g/mol. The number of aryl methyl sites for hydroxylation is 2. The van der Waals surface area contributed by atoms with Gasteiger partial charge in [0.2, 0.25) is 17.5 Å². The number of aliphatic hydroxyl groups is 1. The Hall–Kier alpha value is -2.94. The number of rotatable bonds is 7. The van der Waals surface area contributed by atoms with E-state index in [1.165, 1.54) is 0 Å². The van der Waals surface area contributed by atoms with E-state index >= 15 is 0 Å². The lowest BCUT2D eigenvalue weighted by Gasteiger charge is -2.35. The van der Waals surface area contributed by atoms with E-state index in [0.29, 0.717) is 18.4 Å². The molecule has 0 spiro atoms. The smallest absolute Gasteiger partial charge is 0.250 e. The van der Waals surface area contributed by atoms with Crippen molar-refractivity contribution in [3.8, 4) is 0 Å². The van der Waals surface area contributed by atoms with Crippen molar-refractivity contribution in [2.75, 3.05) is 23.4 Å². The summed E-state index contributed by atoms with van der Waals surface area (Å²) in [5.41, 5.74) is 2.81. The van der Waals surface area contributed by atoms with Gasteiger partial charge in [-0.1, -0.05) is 13.0 Å². The van der Waals surface area contributed by atoms with Gasteiger partial charge in [0.05, 0.1) is 6.20 Å². The summed E-state index contributed by atoms with van der Waals surface area (Å²) in [4.78, 5) is 23.5. The summed E-state index contributed by atoms with van der Waals surface area (Å²) in [6.07, 6.45) is 8.50. The molecule has 1 atom stereocenters. The van der Waals surface area contributed by atoms with Crippen LogP contribution in [0, 0.1) is 0 Å². The van der Waals surface area contributed by atoms with Gasteiger partial charge < -0.3 is 19.9 Å². The lowest BCUT2D eigenvalue weighted by Crippen LogP contribution is -2.41. The van der Waals surface area contributed by atoms with E-state index in [1.54, 1.807) is 22.2 Å². The Kier molecular flexibility index (Phi) is 5.98. The summed E-state index contributed by atoms with van der Waals surface area (Å²) in [5, 5.41) is 17.4. The quantitative estimate of drug-likeness (QED) is 0.611. The SMILES string of the molecule is CCc1cnn2c(NCc3ccc(=O)n(C)c3)nc(N3CCCCC3CCO)nc12. The molecule has 2 N–H and O–H groups in total. The summed E-state index contributed by atoms with van der Waals surface area (Å²) in [6.45, 7) is 3.65. The third-order valence-electron chi connectivity index (χ3n) is 5.75. The second kappa shape index (κ2) is 8.83. The van der Waals surface area contributed by atoms with E-state index < -0.39 is 0 Å². The molecule has 3 aromatic heterocycles.